The molecule has 1 heterocycles. The van der Waals surface area contributed by atoms with E-state index in [2.05, 4.69) is 18.7 Å². The molecular formula is C16H32ClNO3. The van der Waals surface area contributed by atoms with Crippen molar-refractivity contribution < 1.29 is 14.2 Å². The van der Waals surface area contributed by atoms with Crippen LogP contribution in [0.15, 0.2) is 0 Å². The molecule has 1 rings (SSSR count). The number of likely N-dealkylation sites (tertiary alicyclic amines) is 1. The number of halogens is 1. The summed E-state index contributed by atoms with van der Waals surface area (Å²) in [5.41, 5.74) is 0. The van der Waals surface area contributed by atoms with Crippen molar-refractivity contribution in [1.29, 1.82) is 0 Å². The van der Waals surface area contributed by atoms with Crippen LogP contribution < -0.4 is 0 Å². The lowest BCUT2D eigenvalue weighted by Gasteiger charge is -2.24. The normalized spacial score (nSPS) is 23.0. The van der Waals surface area contributed by atoms with Crippen LogP contribution in [-0.2, 0) is 14.2 Å². The molecule has 1 fully saturated rings. The van der Waals surface area contributed by atoms with Crippen LogP contribution >= 0.6 is 11.6 Å². The maximum Gasteiger partial charge on any atom is 0.0701 e. The number of hydrogen-bond acceptors (Lipinski definition) is 4. The molecule has 0 N–H and O–H groups in total. The second-order valence-electron chi connectivity index (χ2n) is 5.71. The fraction of sp³-hybridized carbons (Fsp3) is 1.00. The number of hydrogen-bond donors (Lipinski definition) is 0. The zero-order valence-corrected chi connectivity index (χ0v) is 14.4. The van der Waals surface area contributed by atoms with Gasteiger partial charge < -0.3 is 14.2 Å². The molecule has 4 nitrogen and oxygen atoms in total. The molecule has 0 bridgehead atoms. The van der Waals surface area contributed by atoms with Gasteiger partial charge in [-0.05, 0) is 25.3 Å². The summed E-state index contributed by atoms with van der Waals surface area (Å²) in [6, 6.07) is 0.520. The predicted octanol–water partition coefficient (Wildman–Crippen LogP) is 2.79. The smallest absolute Gasteiger partial charge is 0.0701 e. The highest BCUT2D eigenvalue weighted by molar-refractivity contribution is 6.18. The van der Waals surface area contributed by atoms with Gasteiger partial charge in [-0.1, -0.05) is 20.3 Å². The van der Waals surface area contributed by atoms with Gasteiger partial charge in [-0.15, -0.1) is 11.6 Å². The summed E-state index contributed by atoms with van der Waals surface area (Å²) in [4.78, 5) is 2.44. The molecule has 1 aliphatic heterocycles. The van der Waals surface area contributed by atoms with Crippen molar-refractivity contribution in [3.8, 4) is 0 Å². The Labute approximate surface area is 135 Å². The van der Waals surface area contributed by atoms with Crippen LogP contribution in [0.1, 0.15) is 33.1 Å². The summed E-state index contributed by atoms with van der Waals surface area (Å²) in [5.74, 6) is 1.43. The van der Waals surface area contributed by atoms with E-state index in [1.54, 1.807) is 0 Å². The maximum absolute atomic E-state index is 6.03. The van der Waals surface area contributed by atoms with E-state index in [0.29, 0.717) is 38.4 Å². The molecule has 0 amide bonds. The second kappa shape index (κ2) is 12.7. The minimum atomic E-state index is 0.520. The van der Waals surface area contributed by atoms with Gasteiger partial charge in [0.15, 0.2) is 0 Å². The van der Waals surface area contributed by atoms with Crippen LogP contribution in [0.3, 0.4) is 0 Å². The van der Waals surface area contributed by atoms with Crippen LogP contribution in [0.2, 0.25) is 0 Å². The van der Waals surface area contributed by atoms with Crippen molar-refractivity contribution in [1.82, 2.24) is 4.90 Å². The van der Waals surface area contributed by atoms with Crippen LogP contribution in [0, 0.1) is 5.92 Å². The van der Waals surface area contributed by atoms with E-state index in [1.165, 1.54) is 12.8 Å². The van der Waals surface area contributed by atoms with Crippen molar-refractivity contribution in [3.63, 3.8) is 0 Å². The fourth-order valence-electron chi connectivity index (χ4n) is 2.58. The SMILES string of the molecule is CCCCOCCOCCOCCN1CCC(C)C1CCl. The molecule has 0 aromatic carbocycles. The molecule has 0 saturated carbocycles. The Morgan fingerprint density at radius 2 is 1.62 bits per heavy atom. The first kappa shape index (κ1) is 19.2. The minimum absolute atomic E-state index is 0.520. The van der Waals surface area contributed by atoms with Crippen molar-refractivity contribution in [3.05, 3.63) is 0 Å². The molecule has 1 aliphatic rings. The molecule has 21 heavy (non-hydrogen) atoms. The van der Waals surface area contributed by atoms with E-state index < -0.39 is 0 Å². The molecule has 0 aliphatic carbocycles. The standard InChI is InChI=1S/C16H32ClNO3/c1-3-4-8-19-10-12-21-13-11-20-9-7-18-6-5-15(2)16(18)14-17/h15-16H,3-14H2,1-2H3. The summed E-state index contributed by atoms with van der Waals surface area (Å²) < 4.78 is 16.5. The number of rotatable bonds is 13. The van der Waals surface area contributed by atoms with E-state index in [-0.39, 0.29) is 0 Å². The summed E-state index contributed by atoms with van der Waals surface area (Å²) in [5, 5.41) is 0. The van der Waals surface area contributed by atoms with Gasteiger partial charge in [0.1, 0.15) is 0 Å². The molecule has 0 aromatic rings. The predicted molar refractivity (Wildman–Crippen MR) is 87.2 cm³/mol. The first-order valence-corrected chi connectivity index (χ1v) is 8.86. The number of ether oxygens (including phenoxy) is 3. The Bertz CT molecular complexity index is 244. The van der Waals surface area contributed by atoms with E-state index in [9.17, 15) is 0 Å². The monoisotopic (exact) mass is 321 g/mol. The number of unbranched alkanes of at least 4 members (excludes halogenated alkanes) is 1. The van der Waals surface area contributed by atoms with Gasteiger partial charge >= 0.3 is 0 Å². The summed E-state index contributed by atoms with van der Waals surface area (Å²) in [7, 11) is 0. The first-order chi connectivity index (χ1) is 10.3. The van der Waals surface area contributed by atoms with Crippen molar-refractivity contribution in [2.45, 2.75) is 39.2 Å². The molecule has 0 aromatic heterocycles. The topological polar surface area (TPSA) is 30.9 Å². The average Bonchev–Trinajstić information content (AvgIpc) is 2.85. The van der Waals surface area contributed by atoms with Crippen LogP contribution in [-0.4, -0.2) is 69.6 Å². The highest BCUT2D eigenvalue weighted by Crippen LogP contribution is 2.24. The van der Waals surface area contributed by atoms with Gasteiger partial charge in [-0.25, -0.2) is 0 Å². The lowest BCUT2D eigenvalue weighted by molar-refractivity contribution is 0.00964. The Morgan fingerprint density at radius 3 is 2.24 bits per heavy atom. The Balaban J connectivity index is 1.84. The third-order valence-electron chi connectivity index (χ3n) is 4.06. The third-order valence-corrected chi connectivity index (χ3v) is 4.38. The molecule has 0 radical (unpaired) electrons. The lowest BCUT2D eigenvalue weighted by Crippen LogP contribution is -2.36. The Hall–Kier alpha value is 0.130. The quantitative estimate of drug-likeness (QED) is 0.385. The second-order valence-corrected chi connectivity index (χ2v) is 6.02. The van der Waals surface area contributed by atoms with Gasteiger partial charge in [-0.2, -0.15) is 0 Å². The summed E-state index contributed by atoms with van der Waals surface area (Å²) >= 11 is 6.03. The van der Waals surface area contributed by atoms with E-state index in [4.69, 9.17) is 25.8 Å². The first-order valence-electron chi connectivity index (χ1n) is 8.32. The fourth-order valence-corrected chi connectivity index (χ4v) is 3.08. The summed E-state index contributed by atoms with van der Waals surface area (Å²) in [6.45, 7) is 10.8. The number of alkyl halides is 1. The third kappa shape index (κ3) is 8.36. The van der Waals surface area contributed by atoms with Crippen LogP contribution in [0.25, 0.3) is 0 Å². The van der Waals surface area contributed by atoms with Crippen LogP contribution in [0.4, 0.5) is 0 Å². The highest BCUT2D eigenvalue weighted by Gasteiger charge is 2.29. The van der Waals surface area contributed by atoms with E-state index in [0.717, 1.165) is 38.6 Å². The van der Waals surface area contributed by atoms with Gasteiger partial charge in [-0.3, -0.25) is 4.90 Å². The Kier molecular flexibility index (Phi) is 11.6. The minimum Gasteiger partial charge on any atom is -0.379 e. The van der Waals surface area contributed by atoms with Gasteiger partial charge in [0.2, 0.25) is 0 Å². The Morgan fingerprint density at radius 1 is 1.00 bits per heavy atom. The largest absolute Gasteiger partial charge is 0.379 e. The molecule has 2 atom stereocenters. The summed E-state index contributed by atoms with van der Waals surface area (Å²) in [6.07, 6.45) is 3.55. The zero-order chi connectivity index (χ0) is 15.3. The maximum atomic E-state index is 6.03. The molecule has 1 saturated heterocycles. The molecule has 2 unspecified atom stereocenters. The molecular weight excluding hydrogens is 290 g/mol. The van der Waals surface area contributed by atoms with Crippen molar-refractivity contribution in [2.75, 3.05) is 58.6 Å². The van der Waals surface area contributed by atoms with Gasteiger partial charge in [0.05, 0.1) is 33.0 Å². The molecule has 0 spiro atoms. The van der Waals surface area contributed by atoms with Crippen molar-refractivity contribution >= 4 is 11.6 Å². The average molecular weight is 322 g/mol. The molecule has 126 valence electrons. The van der Waals surface area contributed by atoms with Gasteiger partial charge in [0, 0.05) is 25.1 Å². The van der Waals surface area contributed by atoms with Gasteiger partial charge in [0.25, 0.3) is 0 Å². The van der Waals surface area contributed by atoms with Crippen LogP contribution in [0.5, 0.6) is 0 Å². The van der Waals surface area contributed by atoms with E-state index in [1.807, 2.05) is 0 Å². The zero-order valence-electron chi connectivity index (χ0n) is 13.7. The van der Waals surface area contributed by atoms with E-state index >= 15 is 0 Å². The number of nitrogens with zero attached hydrogens (tertiary/aromatic N) is 1. The lowest BCUT2D eigenvalue weighted by atomic mass is 10.1. The van der Waals surface area contributed by atoms with Crippen molar-refractivity contribution in [2.24, 2.45) is 5.92 Å². The highest BCUT2D eigenvalue weighted by atomic mass is 35.5. The molecule has 5 heteroatoms.